The van der Waals surface area contributed by atoms with E-state index in [0.29, 0.717) is 24.3 Å². The smallest absolute Gasteiger partial charge is 0.232 e. The third-order valence-corrected chi connectivity index (χ3v) is 4.21. The number of anilines is 1. The van der Waals surface area contributed by atoms with Gasteiger partial charge in [-0.2, -0.15) is 4.98 Å². The summed E-state index contributed by atoms with van der Waals surface area (Å²) in [4.78, 5) is 24.5. The second kappa shape index (κ2) is 4.96. The number of nitrogens with zero attached hydrogens (tertiary/aromatic N) is 4. The number of piperazine rings is 1. The Hall–Kier alpha value is -1.37. The highest BCUT2D eigenvalue weighted by atomic mass is 79.9. The molecule has 0 saturated carbocycles. The molecule has 1 aromatic rings. The second-order valence-electron chi connectivity index (χ2n) is 4.75. The summed E-state index contributed by atoms with van der Waals surface area (Å²) in [6.07, 6.45) is 3.30. The van der Waals surface area contributed by atoms with Gasteiger partial charge in [0.05, 0.1) is 17.8 Å². The van der Waals surface area contributed by atoms with Crippen LogP contribution >= 0.6 is 15.9 Å². The molecule has 2 saturated heterocycles. The Morgan fingerprint density at radius 2 is 2.32 bits per heavy atom. The summed E-state index contributed by atoms with van der Waals surface area (Å²) in [5.74, 6) is 1.48. The molecule has 2 aliphatic heterocycles. The zero-order chi connectivity index (χ0) is 13.4. The van der Waals surface area contributed by atoms with Gasteiger partial charge in [0.2, 0.25) is 17.7 Å². The maximum Gasteiger partial charge on any atom is 0.232 e. The number of hydrogen-bond donors (Lipinski definition) is 0. The zero-order valence-electron chi connectivity index (χ0n) is 10.7. The first-order chi connectivity index (χ1) is 9.19. The Morgan fingerprint density at radius 1 is 1.47 bits per heavy atom. The molecule has 0 aromatic carbocycles. The molecule has 2 fully saturated rings. The number of methoxy groups -OCH3 is 1. The third-order valence-electron chi connectivity index (χ3n) is 3.67. The van der Waals surface area contributed by atoms with Gasteiger partial charge in [-0.1, -0.05) is 0 Å². The average Bonchev–Trinajstić information content (AvgIpc) is 2.80. The van der Waals surface area contributed by atoms with E-state index in [2.05, 4.69) is 30.8 Å². The van der Waals surface area contributed by atoms with Crippen LogP contribution in [-0.4, -0.2) is 53.6 Å². The first kappa shape index (κ1) is 12.7. The van der Waals surface area contributed by atoms with Crippen LogP contribution in [0.3, 0.4) is 0 Å². The standard InChI is InChI=1S/C12H15BrN4O2/c1-19-11-9(13)6-14-12(15-11)16-4-5-17-8(7-16)2-3-10(17)18/h6,8H,2-5,7H2,1H3. The Bertz CT molecular complexity index is 511. The number of ether oxygens (including phenoxy) is 1. The van der Waals surface area contributed by atoms with Gasteiger partial charge in [-0.25, -0.2) is 4.98 Å². The van der Waals surface area contributed by atoms with E-state index in [1.54, 1.807) is 13.3 Å². The Morgan fingerprint density at radius 3 is 3.11 bits per heavy atom. The SMILES string of the molecule is COc1nc(N2CCN3C(=O)CCC3C2)ncc1Br. The van der Waals surface area contributed by atoms with E-state index in [9.17, 15) is 4.79 Å². The van der Waals surface area contributed by atoms with Crippen LogP contribution in [0.4, 0.5) is 5.95 Å². The lowest BCUT2D eigenvalue weighted by Crippen LogP contribution is -2.52. The van der Waals surface area contributed by atoms with E-state index >= 15 is 0 Å². The molecule has 0 spiro atoms. The largest absolute Gasteiger partial charge is 0.480 e. The molecule has 1 aromatic heterocycles. The molecular formula is C12H15BrN4O2. The molecular weight excluding hydrogens is 312 g/mol. The average molecular weight is 327 g/mol. The number of fused-ring (bicyclic) bond motifs is 1. The van der Waals surface area contributed by atoms with Crippen LogP contribution in [0.2, 0.25) is 0 Å². The van der Waals surface area contributed by atoms with Gasteiger partial charge in [0.15, 0.2) is 0 Å². The number of carbonyl (C=O) groups is 1. The van der Waals surface area contributed by atoms with Crippen LogP contribution in [-0.2, 0) is 4.79 Å². The molecule has 0 bridgehead atoms. The maximum atomic E-state index is 11.6. The predicted octanol–water partition coefficient (Wildman–Crippen LogP) is 1.06. The van der Waals surface area contributed by atoms with Crippen LogP contribution in [0.15, 0.2) is 10.7 Å². The highest BCUT2D eigenvalue weighted by molar-refractivity contribution is 9.10. The predicted molar refractivity (Wildman–Crippen MR) is 73.2 cm³/mol. The van der Waals surface area contributed by atoms with Crippen molar-refractivity contribution in [3.8, 4) is 5.88 Å². The zero-order valence-corrected chi connectivity index (χ0v) is 12.3. The van der Waals surface area contributed by atoms with Gasteiger partial charge in [0, 0.05) is 32.1 Å². The van der Waals surface area contributed by atoms with Gasteiger partial charge in [-0.05, 0) is 22.4 Å². The fourth-order valence-corrected chi connectivity index (χ4v) is 3.04. The normalized spacial score (nSPS) is 22.6. The van der Waals surface area contributed by atoms with Crippen LogP contribution in [0.5, 0.6) is 5.88 Å². The molecule has 19 heavy (non-hydrogen) atoms. The van der Waals surface area contributed by atoms with Crippen LogP contribution < -0.4 is 9.64 Å². The van der Waals surface area contributed by atoms with E-state index in [1.165, 1.54) is 0 Å². The molecule has 0 radical (unpaired) electrons. The summed E-state index contributed by atoms with van der Waals surface area (Å²) in [7, 11) is 1.59. The van der Waals surface area contributed by atoms with E-state index in [0.717, 1.165) is 30.5 Å². The first-order valence-electron chi connectivity index (χ1n) is 6.30. The van der Waals surface area contributed by atoms with Crippen molar-refractivity contribution in [2.45, 2.75) is 18.9 Å². The minimum absolute atomic E-state index is 0.277. The summed E-state index contributed by atoms with van der Waals surface area (Å²) >= 11 is 3.35. The molecule has 1 atom stereocenters. The summed E-state index contributed by atoms with van der Waals surface area (Å²) in [5.41, 5.74) is 0. The van der Waals surface area contributed by atoms with Crippen molar-refractivity contribution in [2.75, 3.05) is 31.6 Å². The van der Waals surface area contributed by atoms with Gasteiger partial charge in [-0.15, -0.1) is 0 Å². The lowest BCUT2D eigenvalue weighted by atomic mass is 10.2. The highest BCUT2D eigenvalue weighted by Crippen LogP contribution is 2.27. The van der Waals surface area contributed by atoms with E-state index in [-0.39, 0.29) is 5.91 Å². The summed E-state index contributed by atoms with van der Waals surface area (Å²) in [5, 5.41) is 0. The Kier molecular flexibility index (Phi) is 3.30. The molecule has 3 rings (SSSR count). The van der Waals surface area contributed by atoms with Crippen LogP contribution in [0.25, 0.3) is 0 Å². The number of hydrogen-bond acceptors (Lipinski definition) is 5. The van der Waals surface area contributed by atoms with Gasteiger partial charge < -0.3 is 14.5 Å². The van der Waals surface area contributed by atoms with Crippen molar-refractivity contribution >= 4 is 27.8 Å². The number of carbonyl (C=O) groups excluding carboxylic acids is 1. The third kappa shape index (κ3) is 2.27. The van der Waals surface area contributed by atoms with Crippen molar-refractivity contribution in [1.82, 2.24) is 14.9 Å². The minimum Gasteiger partial charge on any atom is -0.480 e. The molecule has 1 unspecified atom stereocenters. The second-order valence-corrected chi connectivity index (χ2v) is 5.61. The fraction of sp³-hybridized carbons (Fsp3) is 0.583. The lowest BCUT2D eigenvalue weighted by Gasteiger charge is -2.37. The molecule has 2 aliphatic rings. The first-order valence-corrected chi connectivity index (χ1v) is 7.09. The van der Waals surface area contributed by atoms with Crippen LogP contribution in [0, 0.1) is 0 Å². The number of amides is 1. The van der Waals surface area contributed by atoms with Crippen molar-refractivity contribution < 1.29 is 9.53 Å². The van der Waals surface area contributed by atoms with Crippen molar-refractivity contribution in [2.24, 2.45) is 0 Å². The fourth-order valence-electron chi connectivity index (χ4n) is 2.68. The number of halogens is 1. The molecule has 102 valence electrons. The van der Waals surface area contributed by atoms with Crippen molar-refractivity contribution in [3.63, 3.8) is 0 Å². The topological polar surface area (TPSA) is 58.6 Å². The molecule has 6 nitrogen and oxygen atoms in total. The monoisotopic (exact) mass is 326 g/mol. The highest BCUT2D eigenvalue weighted by Gasteiger charge is 2.36. The Balaban J connectivity index is 1.78. The summed E-state index contributed by atoms with van der Waals surface area (Å²) in [6, 6.07) is 0.305. The van der Waals surface area contributed by atoms with Gasteiger partial charge in [0.1, 0.15) is 0 Å². The van der Waals surface area contributed by atoms with Gasteiger partial charge in [0.25, 0.3) is 0 Å². The molecule has 0 aliphatic carbocycles. The molecule has 3 heterocycles. The lowest BCUT2D eigenvalue weighted by molar-refractivity contribution is -0.129. The minimum atomic E-state index is 0.277. The summed E-state index contributed by atoms with van der Waals surface area (Å²) < 4.78 is 5.93. The quantitative estimate of drug-likeness (QED) is 0.813. The summed E-state index contributed by atoms with van der Waals surface area (Å²) in [6.45, 7) is 2.33. The van der Waals surface area contributed by atoms with Gasteiger partial charge >= 0.3 is 0 Å². The van der Waals surface area contributed by atoms with E-state index in [1.807, 2.05) is 4.90 Å². The molecule has 7 heteroatoms. The molecule has 1 amide bonds. The van der Waals surface area contributed by atoms with Crippen molar-refractivity contribution in [3.05, 3.63) is 10.7 Å². The number of rotatable bonds is 2. The van der Waals surface area contributed by atoms with Gasteiger partial charge in [-0.3, -0.25) is 4.79 Å². The van der Waals surface area contributed by atoms with E-state index in [4.69, 9.17) is 4.74 Å². The number of aromatic nitrogens is 2. The van der Waals surface area contributed by atoms with Crippen molar-refractivity contribution in [1.29, 1.82) is 0 Å². The molecule has 0 N–H and O–H groups in total. The Labute approximate surface area is 119 Å². The van der Waals surface area contributed by atoms with E-state index < -0.39 is 0 Å². The van der Waals surface area contributed by atoms with Crippen LogP contribution in [0.1, 0.15) is 12.8 Å². The maximum absolute atomic E-state index is 11.6.